The molecule has 0 saturated heterocycles. The van der Waals surface area contributed by atoms with E-state index in [1.165, 1.54) is 0 Å². The largest absolute Gasteiger partial charge is 0.458 e. The summed E-state index contributed by atoms with van der Waals surface area (Å²) in [5, 5.41) is 5.48. The number of benzene rings is 3. The standard InChI is InChI=1S/C38H45N3O6/c1-9-41(34(43)30(24-27-18-12-10-13-19-27)40-36(45)47-38(6,7)8)32(29-22-16-17-26(2)23-29)33(42)39-31(35(44)46-37(3,4)5)25-28-20-14-11-15-21-28/h1,10-23,30-32H,24-25H2,2-8H3,(H,39,42)(H,40,45). The van der Waals surface area contributed by atoms with Crippen molar-refractivity contribution in [3.63, 3.8) is 0 Å². The monoisotopic (exact) mass is 639 g/mol. The molecule has 0 radical (unpaired) electrons. The second kappa shape index (κ2) is 15.9. The second-order valence-electron chi connectivity index (χ2n) is 13.3. The molecule has 3 aromatic carbocycles. The van der Waals surface area contributed by atoms with Crippen LogP contribution in [0.1, 0.15) is 69.8 Å². The third-order valence-electron chi connectivity index (χ3n) is 6.80. The Morgan fingerprint density at radius 3 is 1.77 bits per heavy atom. The molecule has 0 bridgehead atoms. The fourth-order valence-corrected chi connectivity index (χ4v) is 4.86. The molecule has 0 aliphatic rings. The fourth-order valence-electron chi connectivity index (χ4n) is 4.86. The van der Waals surface area contributed by atoms with E-state index in [2.05, 4.69) is 16.7 Å². The predicted octanol–water partition coefficient (Wildman–Crippen LogP) is 5.66. The predicted molar refractivity (Wildman–Crippen MR) is 181 cm³/mol. The van der Waals surface area contributed by atoms with Crippen LogP contribution in [0.4, 0.5) is 4.79 Å². The normalized spacial score (nSPS) is 13.2. The highest BCUT2D eigenvalue weighted by Gasteiger charge is 2.38. The molecule has 248 valence electrons. The maximum atomic E-state index is 14.3. The number of alkyl carbamates (subject to hydrolysis) is 1. The minimum Gasteiger partial charge on any atom is -0.458 e. The van der Waals surface area contributed by atoms with E-state index in [1.807, 2.05) is 73.7 Å². The molecule has 0 aromatic heterocycles. The average Bonchev–Trinajstić information content (AvgIpc) is 2.98. The van der Waals surface area contributed by atoms with Crippen molar-refractivity contribution in [2.24, 2.45) is 0 Å². The molecule has 0 fully saturated rings. The van der Waals surface area contributed by atoms with E-state index >= 15 is 0 Å². The Morgan fingerprint density at radius 1 is 0.745 bits per heavy atom. The number of aryl methyl sites for hydroxylation is 1. The quantitative estimate of drug-likeness (QED) is 0.159. The molecule has 0 heterocycles. The summed E-state index contributed by atoms with van der Waals surface area (Å²) in [6.07, 6.45) is 5.40. The first-order valence-corrected chi connectivity index (χ1v) is 15.5. The number of ether oxygens (including phenoxy) is 2. The number of nitrogens with zero attached hydrogens (tertiary/aromatic N) is 1. The molecular formula is C38H45N3O6. The minimum atomic E-state index is -1.35. The maximum Gasteiger partial charge on any atom is 0.408 e. The van der Waals surface area contributed by atoms with E-state index < -0.39 is 53.2 Å². The van der Waals surface area contributed by atoms with Crippen molar-refractivity contribution in [2.75, 3.05) is 0 Å². The van der Waals surface area contributed by atoms with Crippen LogP contribution in [0, 0.1) is 19.4 Å². The van der Waals surface area contributed by atoms with Crippen molar-refractivity contribution in [3.05, 3.63) is 107 Å². The van der Waals surface area contributed by atoms with Crippen LogP contribution in [0.15, 0.2) is 84.9 Å². The number of rotatable bonds is 11. The van der Waals surface area contributed by atoms with Gasteiger partial charge in [0.05, 0.1) is 0 Å². The number of terminal acetylenes is 1. The Kier molecular flexibility index (Phi) is 12.3. The van der Waals surface area contributed by atoms with Gasteiger partial charge in [0.25, 0.3) is 5.91 Å². The molecule has 0 spiro atoms. The molecule has 3 atom stereocenters. The van der Waals surface area contributed by atoms with Crippen molar-refractivity contribution in [1.82, 2.24) is 15.5 Å². The smallest absolute Gasteiger partial charge is 0.408 e. The van der Waals surface area contributed by atoms with Gasteiger partial charge in [0.1, 0.15) is 29.3 Å². The first-order chi connectivity index (χ1) is 22.1. The van der Waals surface area contributed by atoms with E-state index in [9.17, 15) is 19.2 Å². The van der Waals surface area contributed by atoms with Gasteiger partial charge in [0, 0.05) is 18.9 Å². The van der Waals surface area contributed by atoms with E-state index in [4.69, 9.17) is 15.9 Å². The van der Waals surface area contributed by atoms with Crippen LogP contribution in [-0.2, 0) is 36.7 Å². The molecule has 3 rings (SSSR count). The Balaban J connectivity index is 2.04. The van der Waals surface area contributed by atoms with Gasteiger partial charge in [-0.15, -0.1) is 0 Å². The van der Waals surface area contributed by atoms with E-state index in [0.717, 1.165) is 21.6 Å². The number of hydrogen-bond donors (Lipinski definition) is 2. The summed E-state index contributed by atoms with van der Waals surface area (Å²) in [5.41, 5.74) is 1.16. The number of amides is 3. The molecule has 0 aliphatic carbocycles. The van der Waals surface area contributed by atoms with Gasteiger partial charge in [0.2, 0.25) is 5.91 Å². The zero-order valence-electron chi connectivity index (χ0n) is 28.2. The van der Waals surface area contributed by atoms with Gasteiger partial charge >= 0.3 is 12.1 Å². The van der Waals surface area contributed by atoms with Gasteiger partial charge in [-0.3, -0.25) is 14.5 Å². The summed E-state index contributed by atoms with van der Waals surface area (Å²) in [7, 11) is 0. The van der Waals surface area contributed by atoms with Crippen LogP contribution in [0.25, 0.3) is 0 Å². The van der Waals surface area contributed by atoms with E-state index in [1.54, 1.807) is 59.7 Å². The zero-order valence-corrected chi connectivity index (χ0v) is 28.2. The molecule has 9 heteroatoms. The van der Waals surface area contributed by atoms with E-state index in [0.29, 0.717) is 5.56 Å². The van der Waals surface area contributed by atoms with Gasteiger partial charge in [-0.1, -0.05) is 96.9 Å². The lowest BCUT2D eigenvalue weighted by molar-refractivity contribution is -0.159. The molecule has 2 N–H and O–H groups in total. The van der Waals surface area contributed by atoms with Gasteiger partial charge < -0.3 is 20.1 Å². The molecule has 0 saturated carbocycles. The average molecular weight is 640 g/mol. The molecule has 3 amide bonds. The Hall–Kier alpha value is -5.10. The van der Waals surface area contributed by atoms with Crippen LogP contribution in [0.3, 0.4) is 0 Å². The van der Waals surface area contributed by atoms with E-state index in [-0.39, 0.29) is 12.8 Å². The van der Waals surface area contributed by atoms with Crippen LogP contribution < -0.4 is 10.6 Å². The number of hydrogen-bond acceptors (Lipinski definition) is 6. The first kappa shape index (κ1) is 36.4. The lowest BCUT2D eigenvalue weighted by Gasteiger charge is -2.32. The number of carbonyl (C=O) groups excluding carboxylic acids is 4. The highest BCUT2D eigenvalue weighted by Crippen LogP contribution is 2.25. The summed E-state index contributed by atoms with van der Waals surface area (Å²) >= 11 is 0. The lowest BCUT2D eigenvalue weighted by Crippen LogP contribution is -2.54. The summed E-state index contributed by atoms with van der Waals surface area (Å²) in [4.78, 5) is 55.9. The van der Waals surface area contributed by atoms with Crippen molar-refractivity contribution >= 4 is 23.9 Å². The Labute approximate surface area is 278 Å². The summed E-state index contributed by atoms with van der Waals surface area (Å²) in [5.74, 6) is -2.03. The van der Waals surface area contributed by atoms with Crippen LogP contribution in [0.2, 0.25) is 0 Å². The van der Waals surface area contributed by atoms with Crippen LogP contribution in [0.5, 0.6) is 0 Å². The Morgan fingerprint density at radius 2 is 1.28 bits per heavy atom. The van der Waals surface area contributed by atoms with Gasteiger partial charge in [-0.05, 0) is 65.2 Å². The zero-order chi connectivity index (χ0) is 34.8. The van der Waals surface area contributed by atoms with Crippen molar-refractivity contribution in [1.29, 1.82) is 0 Å². The number of nitrogens with one attached hydrogen (secondary N) is 2. The lowest BCUT2D eigenvalue weighted by atomic mass is 9.98. The van der Waals surface area contributed by atoms with Crippen molar-refractivity contribution < 1.29 is 28.7 Å². The third kappa shape index (κ3) is 11.6. The minimum absolute atomic E-state index is 0.0772. The van der Waals surface area contributed by atoms with Crippen molar-refractivity contribution in [2.45, 2.75) is 90.6 Å². The number of esters is 1. The van der Waals surface area contributed by atoms with Crippen LogP contribution >= 0.6 is 0 Å². The molecule has 3 aromatic rings. The number of carbonyl (C=O) groups is 4. The first-order valence-electron chi connectivity index (χ1n) is 15.5. The van der Waals surface area contributed by atoms with Gasteiger partial charge in [0.15, 0.2) is 0 Å². The topological polar surface area (TPSA) is 114 Å². The maximum absolute atomic E-state index is 14.3. The van der Waals surface area contributed by atoms with Gasteiger partial charge in [-0.2, -0.15) is 0 Å². The Bertz CT molecular complexity index is 1570. The second-order valence-corrected chi connectivity index (χ2v) is 13.3. The van der Waals surface area contributed by atoms with Crippen molar-refractivity contribution in [3.8, 4) is 12.5 Å². The SMILES string of the molecule is C#CN(C(=O)C(Cc1ccccc1)NC(=O)OC(C)(C)C)C(C(=O)NC(Cc1ccccc1)C(=O)OC(C)(C)C)c1cccc(C)c1. The molecule has 3 unspecified atom stereocenters. The highest BCUT2D eigenvalue weighted by molar-refractivity contribution is 5.95. The summed E-state index contributed by atoms with van der Waals surface area (Å²) in [6.45, 7) is 12.2. The van der Waals surface area contributed by atoms with Gasteiger partial charge in [-0.25, -0.2) is 9.59 Å². The molecule has 9 nitrogen and oxygen atoms in total. The summed E-state index contributed by atoms with van der Waals surface area (Å²) in [6, 6.07) is 24.1. The molecular weight excluding hydrogens is 594 g/mol. The fraction of sp³-hybridized carbons (Fsp3) is 0.368. The molecule has 47 heavy (non-hydrogen) atoms. The third-order valence-corrected chi connectivity index (χ3v) is 6.80. The van der Waals surface area contributed by atoms with Crippen LogP contribution in [-0.4, -0.2) is 52.1 Å². The highest BCUT2D eigenvalue weighted by atomic mass is 16.6. The summed E-state index contributed by atoms with van der Waals surface area (Å²) < 4.78 is 11.1. The molecule has 0 aliphatic heterocycles.